The van der Waals surface area contributed by atoms with Crippen molar-refractivity contribution in [1.29, 1.82) is 0 Å². The summed E-state index contributed by atoms with van der Waals surface area (Å²) >= 11 is 0. The Labute approximate surface area is 292 Å². The molecule has 0 N–H and O–H groups in total. The molecule has 5 rings (SSSR count). The van der Waals surface area contributed by atoms with Crippen molar-refractivity contribution in [3.8, 4) is 17.4 Å². The Bertz CT molecular complexity index is 1860. The van der Waals surface area contributed by atoms with Crippen molar-refractivity contribution in [3.63, 3.8) is 0 Å². The minimum atomic E-state index is -4.39. The number of likely N-dealkylation sites (N-methyl/N-ethyl adjacent to an activating group) is 1. The molecule has 0 amide bonds. The quantitative estimate of drug-likeness (QED) is 0.133. The van der Waals surface area contributed by atoms with Crippen molar-refractivity contribution in [2.75, 3.05) is 31.6 Å². The number of rotatable bonds is 13. The maximum atomic E-state index is 14.7. The van der Waals surface area contributed by atoms with Gasteiger partial charge >= 0.3 is 6.18 Å². The number of hydrogen-bond acceptors (Lipinski definition) is 8. The van der Waals surface area contributed by atoms with E-state index < -0.39 is 21.4 Å². The molecule has 13 heteroatoms. The van der Waals surface area contributed by atoms with Crippen LogP contribution in [0.25, 0.3) is 0 Å². The first-order valence-corrected chi connectivity index (χ1v) is 18.2. The molecule has 2 aromatic heterocycles. The zero-order chi connectivity index (χ0) is 36.1. The van der Waals surface area contributed by atoms with E-state index in [-0.39, 0.29) is 24.6 Å². The van der Waals surface area contributed by atoms with E-state index in [0.717, 1.165) is 24.7 Å². The standard InChI is InChI=1S/C37H44F3N5O4S/c1-7-44(8-2)31-21-27(26-10-9-11-29(20-26)37(38,39)40)13-15-32(31)49-36-17-16-34(25(3)43-36)50(6,46)45(35-18-19-41-24-42-35)23-28-12-14-30(47-4)22-33(28)48-5/h9-12,14,16-20,22,24,27,31-32H,6-8,13,15,21,23H2,1-5H3/t27-,31-,32-,50?/m0/s1. The van der Waals surface area contributed by atoms with E-state index in [1.165, 1.54) is 18.5 Å². The van der Waals surface area contributed by atoms with Crippen LogP contribution in [0, 0.1) is 6.92 Å². The Morgan fingerprint density at radius 3 is 2.42 bits per heavy atom. The van der Waals surface area contributed by atoms with Crippen molar-refractivity contribution >= 4 is 21.4 Å². The molecule has 0 radical (unpaired) electrons. The van der Waals surface area contributed by atoms with Crippen LogP contribution in [-0.2, 0) is 22.4 Å². The van der Waals surface area contributed by atoms with E-state index in [9.17, 15) is 17.4 Å². The van der Waals surface area contributed by atoms with Gasteiger partial charge in [-0.2, -0.15) is 13.2 Å². The lowest BCUT2D eigenvalue weighted by Crippen LogP contribution is -2.49. The van der Waals surface area contributed by atoms with Crippen LogP contribution < -0.4 is 18.5 Å². The molecule has 2 heterocycles. The highest BCUT2D eigenvalue weighted by molar-refractivity contribution is 8.01. The summed E-state index contributed by atoms with van der Waals surface area (Å²) < 4.78 is 74.4. The average Bonchev–Trinajstić information content (AvgIpc) is 3.11. The summed E-state index contributed by atoms with van der Waals surface area (Å²) in [6.45, 7) is 7.60. The molecule has 9 nitrogen and oxygen atoms in total. The van der Waals surface area contributed by atoms with Crippen molar-refractivity contribution in [2.45, 2.75) is 75.7 Å². The summed E-state index contributed by atoms with van der Waals surface area (Å²) in [5.74, 6) is 6.14. The summed E-state index contributed by atoms with van der Waals surface area (Å²) in [4.78, 5) is 15.9. The Kier molecular flexibility index (Phi) is 11.6. The number of ether oxygens (including phenoxy) is 3. The van der Waals surface area contributed by atoms with Gasteiger partial charge < -0.3 is 14.2 Å². The average molecular weight is 712 g/mol. The van der Waals surface area contributed by atoms with Gasteiger partial charge in [0.1, 0.15) is 29.7 Å². The number of aromatic nitrogens is 3. The van der Waals surface area contributed by atoms with Crippen LogP contribution in [0.3, 0.4) is 0 Å². The lowest BCUT2D eigenvalue weighted by Gasteiger charge is -2.42. The predicted molar refractivity (Wildman–Crippen MR) is 189 cm³/mol. The van der Waals surface area contributed by atoms with Crippen molar-refractivity contribution in [2.24, 2.45) is 0 Å². The molecule has 0 bridgehead atoms. The highest BCUT2D eigenvalue weighted by Crippen LogP contribution is 2.39. The molecular formula is C37H44F3N5O4S. The molecule has 1 saturated carbocycles. The fourth-order valence-corrected chi connectivity index (χ4v) is 8.49. The third kappa shape index (κ3) is 8.15. The van der Waals surface area contributed by atoms with Gasteiger partial charge in [0.2, 0.25) is 5.88 Å². The fourth-order valence-electron chi connectivity index (χ4n) is 6.71. The zero-order valence-corrected chi connectivity index (χ0v) is 29.8. The lowest BCUT2D eigenvalue weighted by molar-refractivity contribution is -0.137. The Balaban J connectivity index is 1.41. The predicted octanol–water partition coefficient (Wildman–Crippen LogP) is 7.34. The second-order valence-electron chi connectivity index (χ2n) is 12.2. The van der Waals surface area contributed by atoms with Gasteiger partial charge in [0.15, 0.2) is 0 Å². The van der Waals surface area contributed by atoms with Gasteiger partial charge in [0.05, 0.1) is 46.6 Å². The molecule has 50 heavy (non-hydrogen) atoms. The molecule has 1 aliphatic rings. The Morgan fingerprint density at radius 1 is 1.00 bits per heavy atom. The third-order valence-corrected chi connectivity index (χ3v) is 11.5. The van der Waals surface area contributed by atoms with Gasteiger partial charge in [-0.05, 0) is 87.0 Å². The Morgan fingerprint density at radius 2 is 1.78 bits per heavy atom. The van der Waals surface area contributed by atoms with E-state index in [4.69, 9.17) is 19.2 Å². The van der Waals surface area contributed by atoms with Crippen LogP contribution in [0.15, 0.2) is 78.1 Å². The number of benzene rings is 2. The van der Waals surface area contributed by atoms with Crippen molar-refractivity contribution in [3.05, 3.63) is 95.6 Å². The van der Waals surface area contributed by atoms with Gasteiger partial charge in [-0.15, -0.1) is 0 Å². The molecular weight excluding hydrogens is 667 g/mol. The van der Waals surface area contributed by atoms with Crippen LogP contribution in [0.5, 0.6) is 17.4 Å². The number of alkyl halides is 3. The molecule has 0 saturated heterocycles. The molecule has 0 aliphatic heterocycles. The van der Waals surface area contributed by atoms with E-state index in [1.54, 1.807) is 68.0 Å². The minimum Gasteiger partial charge on any atom is -0.497 e. The molecule has 4 atom stereocenters. The van der Waals surface area contributed by atoms with Gasteiger partial charge in [-0.1, -0.05) is 32.0 Å². The van der Waals surface area contributed by atoms with Crippen molar-refractivity contribution in [1.82, 2.24) is 19.9 Å². The number of anilines is 1. The molecule has 2 aromatic carbocycles. The summed E-state index contributed by atoms with van der Waals surface area (Å²) in [6, 6.07) is 16.1. The summed E-state index contributed by atoms with van der Waals surface area (Å²) in [5.41, 5.74) is 1.30. The van der Waals surface area contributed by atoms with Crippen LogP contribution in [0.1, 0.15) is 61.4 Å². The lowest BCUT2D eigenvalue weighted by atomic mass is 9.78. The van der Waals surface area contributed by atoms with Crippen LogP contribution >= 0.6 is 0 Å². The van der Waals surface area contributed by atoms with Crippen LogP contribution in [0.4, 0.5) is 19.0 Å². The monoisotopic (exact) mass is 711 g/mol. The van der Waals surface area contributed by atoms with E-state index >= 15 is 0 Å². The number of nitrogens with zero attached hydrogens (tertiary/aromatic N) is 5. The molecule has 4 aromatic rings. The fraction of sp³-hybridized carbons (Fsp3) is 0.405. The largest absolute Gasteiger partial charge is 0.497 e. The maximum absolute atomic E-state index is 14.7. The normalized spacial score (nSPS) is 19.1. The molecule has 0 spiro atoms. The van der Waals surface area contributed by atoms with E-state index in [0.29, 0.717) is 58.6 Å². The first-order chi connectivity index (χ1) is 23.9. The topological polar surface area (TPSA) is 89.9 Å². The van der Waals surface area contributed by atoms with Gasteiger partial charge in [0.25, 0.3) is 0 Å². The minimum absolute atomic E-state index is 0.0345. The highest BCUT2D eigenvalue weighted by atomic mass is 32.2. The second kappa shape index (κ2) is 15.7. The molecule has 268 valence electrons. The van der Waals surface area contributed by atoms with E-state index in [2.05, 4.69) is 34.6 Å². The SMILES string of the molecule is C=S(=O)(c1ccc(O[C@H]2CC[C@H](c3cccc(C(F)(F)F)c3)C[C@@H]2N(CC)CC)nc1C)N(Cc1ccc(OC)cc1OC)c1ccncn1. The summed E-state index contributed by atoms with van der Waals surface area (Å²) in [5, 5.41) is 0. The molecule has 1 fully saturated rings. The summed E-state index contributed by atoms with van der Waals surface area (Å²) in [6.07, 6.45) is 0.304. The first-order valence-electron chi connectivity index (χ1n) is 16.6. The summed E-state index contributed by atoms with van der Waals surface area (Å²) in [7, 11) is -0.0755. The number of hydrogen-bond donors (Lipinski definition) is 0. The van der Waals surface area contributed by atoms with Crippen LogP contribution in [0.2, 0.25) is 0 Å². The zero-order valence-electron chi connectivity index (χ0n) is 29.0. The van der Waals surface area contributed by atoms with Crippen molar-refractivity contribution < 1.29 is 31.6 Å². The Hall–Kier alpha value is -4.36. The third-order valence-electron chi connectivity index (χ3n) is 9.34. The first kappa shape index (κ1) is 36.9. The van der Waals surface area contributed by atoms with Gasteiger partial charge in [-0.3, -0.25) is 9.21 Å². The number of methoxy groups -OCH3 is 2. The van der Waals surface area contributed by atoms with E-state index in [1.807, 2.05) is 6.07 Å². The second-order valence-corrected chi connectivity index (χ2v) is 14.4. The maximum Gasteiger partial charge on any atom is 0.416 e. The smallest absolute Gasteiger partial charge is 0.416 e. The molecule has 1 aliphatic carbocycles. The number of halogens is 3. The van der Waals surface area contributed by atoms with Crippen LogP contribution in [-0.4, -0.2) is 69.4 Å². The van der Waals surface area contributed by atoms with Gasteiger partial charge in [0, 0.05) is 29.9 Å². The number of aryl methyl sites for hydroxylation is 1. The number of pyridine rings is 1. The van der Waals surface area contributed by atoms with Gasteiger partial charge in [-0.25, -0.2) is 19.2 Å². The highest BCUT2D eigenvalue weighted by Gasteiger charge is 2.37. The molecule has 1 unspecified atom stereocenters.